The highest BCUT2D eigenvalue weighted by Gasteiger charge is 2.21. The van der Waals surface area contributed by atoms with Gasteiger partial charge in [0, 0.05) is 11.1 Å². The lowest BCUT2D eigenvalue weighted by Gasteiger charge is -2.15. The molecule has 0 radical (unpaired) electrons. The molecule has 0 saturated heterocycles. The van der Waals surface area contributed by atoms with Crippen LogP contribution in [0.15, 0.2) is 83.8 Å². The summed E-state index contributed by atoms with van der Waals surface area (Å²) in [5.41, 5.74) is 0.172. The molecular formula is C26H18Cl4N2O5S. The molecule has 0 aliphatic carbocycles. The number of amides is 1. The van der Waals surface area contributed by atoms with Crippen LogP contribution in [0.4, 0.5) is 11.4 Å². The molecule has 0 aliphatic heterocycles. The van der Waals surface area contributed by atoms with Gasteiger partial charge < -0.3 is 14.8 Å². The van der Waals surface area contributed by atoms with Crippen molar-refractivity contribution in [1.82, 2.24) is 0 Å². The van der Waals surface area contributed by atoms with Crippen molar-refractivity contribution in [3.63, 3.8) is 0 Å². The molecule has 1 amide bonds. The first-order valence-electron chi connectivity index (χ1n) is 10.8. The molecule has 0 spiro atoms. The maximum absolute atomic E-state index is 13.1. The van der Waals surface area contributed by atoms with Crippen molar-refractivity contribution in [2.45, 2.75) is 4.90 Å². The minimum Gasteiger partial charge on any atom is -0.495 e. The van der Waals surface area contributed by atoms with E-state index in [0.29, 0.717) is 22.3 Å². The highest BCUT2D eigenvalue weighted by molar-refractivity contribution is 7.92. The maximum Gasteiger partial charge on any atom is 0.261 e. The van der Waals surface area contributed by atoms with Crippen LogP contribution in [-0.2, 0) is 10.0 Å². The molecule has 196 valence electrons. The second-order valence-electron chi connectivity index (χ2n) is 7.72. The predicted octanol–water partition coefficient (Wildman–Crippen LogP) is 8.15. The zero-order chi connectivity index (χ0) is 27.4. The van der Waals surface area contributed by atoms with E-state index in [1.807, 2.05) is 0 Å². The average molecular weight is 612 g/mol. The van der Waals surface area contributed by atoms with Gasteiger partial charge in [0.2, 0.25) is 0 Å². The van der Waals surface area contributed by atoms with Crippen LogP contribution in [0.5, 0.6) is 17.2 Å². The summed E-state index contributed by atoms with van der Waals surface area (Å²) < 4.78 is 39.6. The molecule has 2 N–H and O–H groups in total. The first-order chi connectivity index (χ1) is 18.1. The smallest absolute Gasteiger partial charge is 0.261 e. The zero-order valence-corrected chi connectivity index (χ0v) is 23.3. The second-order valence-corrected chi connectivity index (χ2v) is 11.1. The van der Waals surface area contributed by atoms with Gasteiger partial charge in [-0.05, 0) is 60.7 Å². The van der Waals surface area contributed by atoms with E-state index in [2.05, 4.69) is 10.0 Å². The quantitative estimate of drug-likeness (QED) is 0.210. The number of para-hydroxylation sites is 1. The highest BCUT2D eigenvalue weighted by atomic mass is 35.5. The van der Waals surface area contributed by atoms with Crippen molar-refractivity contribution in [2.24, 2.45) is 0 Å². The van der Waals surface area contributed by atoms with E-state index in [1.165, 1.54) is 61.7 Å². The van der Waals surface area contributed by atoms with E-state index in [4.69, 9.17) is 55.9 Å². The fourth-order valence-corrected chi connectivity index (χ4v) is 5.24. The third-order valence-corrected chi connectivity index (χ3v) is 7.70. The normalized spacial score (nSPS) is 11.1. The molecule has 0 heterocycles. The molecule has 0 bridgehead atoms. The third-order valence-electron chi connectivity index (χ3n) is 5.16. The van der Waals surface area contributed by atoms with Crippen molar-refractivity contribution < 1.29 is 22.7 Å². The predicted molar refractivity (Wildman–Crippen MR) is 151 cm³/mol. The summed E-state index contributed by atoms with van der Waals surface area (Å²) in [5.74, 6) is 0.442. The minimum absolute atomic E-state index is 0.000319. The molecule has 12 heteroatoms. The lowest BCUT2D eigenvalue weighted by molar-refractivity contribution is 0.102. The summed E-state index contributed by atoms with van der Waals surface area (Å²) >= 11 is 24.5. The summed E-state index contributed by atoms with van der Waals surface area (Å²) in [7, 11) is -2.68. The first kappa shape index (κ1) is 27.9. The van der Waals surface area contributed by atoms with E-state index >= 15 is 0 Å². The minimum atomic E-state index is -4.10. The number of rotatable bonds is 8. The number of carbonyl (C=O) groups excluding carboxylic acids is 1. The largest absolute Gasteiger partial charge is 0.495 e. The van der Waals surface area contributed by atoms with Gasteiger partial charge in [0.1, 0.15) is 17.2 Å². The van der Waals surface area contributed by atoms with Crippen LogP contribution in [0.2, 0.25) is 20.1 Å². The Balaban J connectivity index is 1.57. The van der Waals surface area contributed by atoms with Crippen molar-refractivity contribution >= 4 is 73.7 Å². The van der Waals surface area contributed by atoms with Crippen LogP contribution >= 0.6 is 46.4 Å². The molecule has 0 fully saturated rings. The van der Waals surface area contributed by atoms with Crippen LogP contribution in [0.1, 0.15) is 10.4 Å². The number of ether oxygens (including phenoxy) is 2. The van der Waals surface area contributed by atoms with Crippen LogP contribution in [0.25, 0.3) is 0 Å². The second kappa shape index (κ2) is 11.7. The standard InChI is InChI=1S/C26H18Cl4N2O5S/c1-36-25-14-23(20(29)13-21(25)30)31-26(33)18-12-15(27)6-11-22(18)32-38(34,35)17-9-7-16(8-10-17)37-24-5-3-2-4-19(24)28/h2-14,32H,1H3,(H,31,33). The van der Waals surface area contributed by atoms with E-state index in [0.717, 1.165) is 0 Å². The fourth-order valence-electron chi connectivity index (χ4n) is 3.31. The number of methoxy groups -OCH3 is 1. The molecule has 4 aromatic carbocycles. The van der Waals surface area contributed by atoms with Crippen LogP contribution < -0.4 is 19.5 Å². The number of nitrogens with one attached hydrogen (secondary N) is 2. The van der Waals surface area contributed by atoms with E-state index in [9.17, 15) is 13.2 Å². The maximum atomic E-state index is 13.1. The molecular weight excluding hydrogens is 594 g/mol. The van der Waals surface area contributed by atoms with Gasteiger partial charge in [0.25, 0.3) is 15.9 Å². The van der Waals surface area contributed by atoms with Gasteiger partial charge in [0.15, 0.2) is 0 Å². The van der Waals surface area contributed by atoms with Gasteiger partial charge in [-0.3, -0.25) is 9.52 Å². The molecule has 0 saturated carbocycles. The Morgan fingerprint density at radius 2 is 1.47 bits per heavy atom. The van der Waals surface area contributed by atoms with Crippen molar-refractivity contribution in [2.75, 3.05) is 17.1 Å². The van der Waals surface area contributed by atoms with E-state index in [1.54, 1.807) is 24.3 Å². The summed E-state index contributed by atoms with van der Waals surface area (Å²) in [6, 6.07) is 19.6. The SMILES string of the molecule is COc1cc(NC(=O)c2cc(Cl)ccc2NS(=O)(=O)c2ccc(Oc3ccccc3Cl)cc2)c(Cl)cc1Cl. The molecule has 4 aromatic rings. The molecule has 0 unspecified atom stereocenters. The summed E-state index contributed by atoms with van der Waals surface area (Å²) in [5, 5.41) is 3.68. The lowest BCUT2D eigenvalue weighted by Crippen LogP contribution is -2.19. The molecule has 0 aromatic heterocycles. The van der Waals surface area contributed by atoms with Crippen molar-refractivity contribution in [1.29, 1.82) is 0 Å². The summed E-state index contributed by atoms with van der Waals surface area (Å²) in [6.07, 6.45) is 0. The Morgan fingerprint density at radius 3 is 2.16 bits per heavy atom. The monoisotopic (exact) mass is 610 g/mol. The number of hydrogen-bond donors (Lipinski definition) is 2. The van der Waals surface area contributed by atoms with E-state index < -0.39 is 15.9 Å². The Bertz CT molecular complexity index is 1610. The summed E-state index contributed by atoms with van der Waals surface area (Å²) in [6.45, 7) is 0. The number of sulfonamides is 1. The third kappa shape index (κ3) is 6.46. The molecule has 0 aliphatic rings. The first-order valence-corrected chi connectivity index (χ1v) is 13.8. The Morgan fingerprint density at radius 1 is 0.763 bits per heavy atom. The van der Waals surface area contributed by atoms with Crippen LogP contribution in [0.3, 0.4) is 0 Å². The van der Waals surface area contributed by atoms with Gasteiger partial charge in [-0.25, -0.2) is 8.42 Å². The highest BCUT2D eigenvalue weighted by Crippen LogP contribution is 2.35. The number of carbonyl (C=O) groups is 1. The lowest BCUT2D eigenvalue weighted by atomic mass is 10.1. The van der Waals surface area contributed by atoms with E-state index in [-0.39, 0.29) is 36.9 Å². The zero-order valence-electron chi connectivity index (χ0n) is 19.5. The summed E-state index contributed by atoms with van der Waals surface area (Å²) in [4.78, 5) is 13.1. The van der Waals surface area contributed by atoms with Crippen molar-refractivity contribution in [3.8, 4) is 17.2 Å². The Hall–Kier alpha value is -3.14. The van der Waals surface area contributed by atoms with Crippen LogP contribution in [0, 0.1) is 0 Å². The van der Waals surface area contributed by atoms with Crippen LogP contribution in [-0.4, -0.2) is 21.4 Å². The van der Waals surface area contributed by atoms with Gasteiger partial charge in [-0.2, -0.15) is 0 Å². The molecule has 38 heavy (non-hydrogen) atoms. The number of hydrogen-bond acceptors (Lipinski definition) is 5. The molecule has 4 rings (SSSR count). The van der Waals surface area contributed by atoms with Gasteiger partial charge in [-0.15, -0.1) is 0 Å². The number of benzene rings is 4. The fraction of sp³-hybridized carbons (Fsp3) is 0.0385. The number of anilines is 2. The van der Waals surface area contributed by atoms with Gasteiger partial charge >= 0.3 is 0 Å². The average Bonchev–Trinajstić information content (AvgIpc) is 2.88. The topological polar surface area (TPSA) is 93.7 Å². The van der Waals surface area contributed by atoms with Gasteiger partial charge in [-0.1, -0.05) is 58.5 Å². The van der Waals surface area contributed by atoms with Crippen molar-refractivity contribution in [3.05, 3.63) is 105 Å². The number of halogens is 4. The Labute approximate surface area is 239 Å². The molecule has 0 atom stereocenters. The van der Waals surface area contributed by atoms with Gasteiger partial charge in [0.05, 0.1) is 44.0 Å². The Kier molecular flexibility index (Phi) is 8.60. The molecule has 7 nitrogen and oxygen atoms in total.